The van der Waals surface area contributed by atoms with Gasteiger partial charge in [-0.05, 0) is 40.2 Å². The van der Waals surface area contributed by atoms with E-state index in [2.05, 4.69) is 28.1 Å². The van der Waals surface area contributed by atoms with E-state index < -0.39 is 0 Å². The van der Waals surface area contributed by atoms with Crippen molar-refractivity contribution in [2.45, 2.75) is 9.79 Å². The quantitative estimate of drug-likeness (QED) is 0.729. The molecule has 2 aromatic carbocycles. The van der Waals surface area contributed by atoms with Crippen LogP contribution >= 0.6 is 39.3 Å². The Bertz CT molecular complexity index is 456. The molecule has 15 heavy (non-hydrogen) atoms. The summed E-state index contributed by atoms with van der Waals surface area (Å²) < 4.78 is 0.935. The topological polar surface area (TPSA) is 0 Å². The van der Waals surface area contributed by atoms with Crippen LogP contribution in [-0.4, -0.2) is 0 Å². The normalized spacial score (nSPS) is 10.3. The van der Waals surface area contributed by atoms with Crippen LogP contribution in [0.5, 0.6) is 0 Å². The van der Waals surface area contributed by atoms with Crippen LogP contribution < -0.4 is 0 Å². The Morgan fingerprint density at radius 1 is 0.933 bits per heavy atom. The minimum absolute atomic E-state index is 0.770. The molecule has 0 nitrogen and oxygen atoms in total. The monoisotopic (exact) mass is 298 g/mol. The first-order valence-electron chi connectivity index (χ1n) is 4.44. The Balaban J connectivity index is 2.29. The molecule has 0 N–H and O–H groups in total. The van der Waals surface area contributed by atoms with Crippen molar-refractivity contribution in [2.75, 3.05) is 0 Å². The highest BCUT2D eigenvalue weighted by Crippen LogP contribution is 2.36. The predicted molar refractivity (Wildman–Crippen MR) is 69.7 cm³/mol. The minimum atomic E-state index is 0.770. The van der Waals surface area contributed by atoms with Crippen LogP contribution in [0.1, 0.15) is 0 Å². The van der Waals surface area contributed by atoms with E-state index in [9.17, 15) is 0 Å². The van der Waals surface area contributed by atoms with Gasteiger partial charge in [0.25, 0.3) is 0 Å². The van der Waals surface area contributed by atoms with Gasteiger partial charge in [-0.2, -0.15) is 0 Å². The number of rotatable bonds is 2. The highest BCUT2D eigenvalue weighted by Gasteiger charge is 2.04. The zero-order valence-electron chi connectivity index (χ0n) is 7.78. The highest BCUT2D eigenvalue weighted by atomic mass is 79.9. The van der Waals surface area contributed by atoms with Crippen molar-refractivity contribution in [3.63, 3.8) is 0 Å². The molecule has 0 radical (unpaired) electrons. The molecule has 2 rings (SSSR count). The zero-order valence-corrected chi connectivity index (χ0v) is 10.9. The van der Waals surface area contributed by atoms with Crippen molar-refractivity contribution in [1.82, 2.24) is 0 Å². The fourth-order valence-electron chi connectivity index (χ4n) is 1.18. The standard InChI is InChI=1S/C12H8BrClS/c13-10-7-4-8-11(12(10)14)15-9-5-2-1-3-6-9/h1-8H. The number of hydrogen-bond acceptors (Lipinski definition) is 1. The average molecular weight is 300 g/mol. The van der Waals surface area contributed by atoms with Crippen LogP contribution in [0.2, 0.25) is 5.02 Å². The SMILES string of the molecule is Clc1c(Br)cccc1Sc1ccccc1. The van der Waals surface area contributed by atoms with E-state index in [1.165, 1.54) is 4.90 Å². The van der Waals surface area contributed by atoms with Gasteiger partial charge in [0.15, 0.2) is 0 Å². The van der Waals surface area contributed by atoms with Crippen LogP contribution in [0, 0.1) is 0 Å². The summed E-state index contributed by atoms with van der Waals surface area (Å²) in [5, 5.41) is 0.770. The average Bonchev–Trinajstić information content (AvgIpc) is 2.26. The molecule has 0 saturated heterocycles. The Morgan fingerprint density at radius 2 is 1.67 bits per heavy atom. The molecule has 0 aliphatic heterocycles. The third-order valence-corrected chi connectivity index (χ3v) is 4.36. The maximum Gasteiger partial charge on any atom is 0.0687 e. The maximum atomic E-state index is 6.18. The lowest BCUT2D eigenvalue weighted by atomic mass is 10.4. The molecule has 0 saturated carbocycles. The molecule has 0 aliphatic rings. The summed E-state index contributed by atoms with van der Waals surface area (Å²) in [4.78, 5) is 2.26. The summed E-state index contributed by atoms with van der Waals surface area (Å²) in [7, 11) is 0. The molecule has 0 aromatic heterocycles. The predicted octanol–water partition coefficient (Wildman–Crippen LogP) is 5.25. The molecule has 0 aliphatic carbocycles. The fraction of sp³-hybridized carbons (Fsp3) is 0. The van der Waals surface area contributed by atoms with Crippen molar-refractivity contribution < 1.29 is 0 Å². The van der Waals surface area contributed by atoms with E-state index in [1.807, 2.05) is 36.4 Å². The van der Waals surface area contributed by atoms with Crippen molar-refractivity contribution in [1.29, 1.82) is 0 Å². The third kappa shape index (κ3) is 2.77. The van der Waals surface area contributed by atoms with Gasteiger partial charge < -0.3 is 0 Å². The molecule has 0 atom stereocenters. The molecule has 76 valence electrons. The number of halogens is 2. The maximum absolute atomic E-state index is 6.18. The second kappa shape index (κ2) is 5.06. The molecule has 0 bridgehead atoms. The van der Waals surface area contributed by atoms with E-state index in [0.29, 0.717) is 0 Å². The van der Waals surface area contributed by atoms with Gasteiger partial charge in [0.05, 0.1) is 5.02 Å². The largest absolute Gasteiger partial charge is 0.0885 e. The van der Waals surface area contributed by atoms with Gasteiger partial charge in [-0.3, -0.25) is 0 Å². The molecule has 0 heterocycles. The highest BCUT2D eigenvalue weighted by molar-refractivity contribution is 9.10. The van der Waals surface area contributed by atoms with E-state index in [0.717, 1.165) is 14.4 Å². The third-order valence-electron chi connectivity index (χ3n) is 1.89. The van der Waals surface area contributed by atoms with Gasteiger partial charge in [-0.1, -0.05) is 47.6 Å². The van der Waals surface area contributed by atoms with Crippen molar-refractivity contribution in [3.05, 3.63) is 58.0 Å². The summed E-state index contributed by atoms with van der Waals surface area (Å²) in [6, 6.07) is 16.1. The summed E-state index contributed by atoms with van der Waals surface area (Å²) in [5.74, 6) is 0. The fourth-order valence-corrected chi connectivity index (χ4v) is 2.81. The lowest BCUT2D eigenvalue weighted by Gasteiger charge is -2.04. The van der Waals surface area contributed by atoms with Crippen LogP contribution in [0.3, 0.4) is 0 Å². The van der Waals surface area contributed by atoms with Crippen LogP contribution in [0.4, 0.5) is 0 Å². The summed E-state index contributed by atoms with van der Waals surface area (Å²) in [5.41, 5.74) is 0. The molecular weight excluding hydrogens is 292 g/mol. The molecular formula is C12H8BrClS. The van der Waals surface area contributed by atoms with Gasteiger partial charge in [-0.15, -0.1) is 0 Å². The molecule has 0 unspecified atom stereocenters. The van der Waals surface area contributed by atoms with E-state index in [4.69, 9.17) is 11.6 Å². The summed E-state index contributed by atoms with van der Waals surface area (Å²) >= 11 is 11.3. The number of benzene rings is 2. The van der Waals surface area contributed by atoms with Gasteiger partial charge in [0.1, 0.15) is 0 Å². The molecule has 0 spiro atoms. The number of hydrogen-bond donors (Lipinski definition) is 0. The lowest BCUT2D eigenvalue weighted by Crippen LogP contribution is -1.76. The zero-order chi connectivity index (χ0) is 10.7. The first-order chi connectivity index (χ1) is 7.27. The van der Waals surface area contributed by atoms with E-state index in [1.54, 1.807) is 11.8 Å². The van der Waals surface area contributed by atoms with Gasteiger partial charge in [-0.25, -0.2) is 0 Å². The summed E-state index contributed by atoms with van der Waals surface area (Å²) in [6.07, 6.45) is 0. The smallest absolute Gasteiger partial charge is 0.0687 e. The first-order valence-corrected chi connectivity index (χ1v) is 6.43. The van der Waals surface area contributed by atoms with E-state index in [-0.39, 0.29) is 0 Å². The van der Waals surface area contributed by atoms with Crippen molar-refractivity contribution in [2.24, 2.45) is 0 Å². The second-order valence-electron chi connectivity index (χ2n) is 2.97. The second-order valence-corrected chi connectivity index (χ2v) is 5.31. The summed E-state index contributed by atoms with van der Waals surface area (Å²) in [6.45, 7) is 0. The van der Waals surface area contributed by atoms with Gasteiger partial charge >= 0.3 is 0 Å². The van der Waals surface area contributed by atoms with Crippen molar-refractivity contribution in [3.8, 4) is 0 Å². The minimum Gasteiger partial charge on any atom is -0.0885 e. The Morgan fingerprint density at radius 3 is 2.40 bits per heavy atom. The lowest BCUT2D eigenvalue weighted by molar-refractivity contribution is 1.39. The van der Waals surface area contributed by atoms with Gasteiger partial charge in [0, 0.05) is 14.3 Å². The molecule has 2 aromatic rings. The molecule has 0 fully saturated rings. The van der Waals surface area contributed by atoms with E-state index >= 15 is 0 Å². The molecule has 0 amide bonds. The van der Waals surface area contributed by atoms with Crippen LogP contribution in [0.15, 0.2) is 62.8 Å². The van der Waals surface area contributed by atoms with Crippen molar-refractivity contribution >= 4 is 39.3 Å². The van der Waals surface area contributed by atoms with Gasteiger partial charge in [0.2, 0.25) is 0 Å². The Kier molecular flexibility index (Phi) is 3.73. The van der Waals surface area contributed by atoms with Crippen LogP contribution in [-0.2, 0) is 0 Å². The Hall–Kier alpha value is -0.440. The first kappa shape index (κ1) is 11.1. The Labute approximate surface area is 107 Å². The molecule has 3 heteroatoms. The van der Waals surface area contributed by atoms with Crippen LogP contribution in [0.25, 0.3) is 0 Å².